The molecule has 1 aliphatic rings. The molecule has 0 saturated heterocycles. The Kier molecular flexibility index (Phi) is 6.23. The lowest BCUT2D eigenvalue weighted by Gasteiger charge is -2.34. The molecular weight excluding hydrogens is 398 g/mol. The number of carbonyl (C=O) groups excluding carboxylic acids is 1. The highest BCUT2D eigenvalue weighted by Gasteiger charge is 2.36. The van der Waals surface area contributed by atoms with Crippen LogP contribution in [0.5, 0.6) is 0 Å². The maximum Gasteiger partial charge on any atom is 0.335 e. The van der Waals surface area contributed by atoms with Crippen LogP contribution in [-0.4, -0.2) is 31.8 Å². The lowest BCUT2D eigenvalue weighted by atomic mass is 9.98. The van der Waals surface area contributed by atoms with Gasteiger partial charge in [-0.1, -0.05) is 47.5 Å². The van der Waals surface area contributed by atoms with E-state index in [9.17, 15) is 13.2 Å². The number of halogens is 1. The van der Waals surface area contributed by atoms with Gasteiger partial charge in [-0.3, -0.25) is 0 Å². The molecule has 0 amide bonds. The van der Waals surface area contributed by atoms with E-state index < -0.39 is 22.0 Å². The van der Waals surface area contributed by atoms with Crippen molar-refractivity contribution in [3.05, 3.63) is 76.3 Å². The number of nitrogens with zero attached hydrogens (tertiary/aromatic N) is 1. The molecule has 0 radical (unpaired) electrons. The van der Waals surface area contributed by atoms with Crippen LogP contribution in [0.2, 0.25) is 5.02 Å². The van der Waals surface area contributed by atoms with E-state index in [1.54, 1.807) is 55.5 Å². The van der Waals surface area contributed by atoms with E-state index in [0.717, 1.165) is 11.1 Å². The van der Waals surface area contributed by atoms with Crippen molar-refractivity contribution in [1.82, 2.24) is 4.31 Å². The number of carbonyl (C=O) groups is 1. The first kappa shape index (κ1) is 20.6. The average molecular weight is 420 g/mol. The van der Waals surface area contributed by atoms with Gasteiger partial charge < -0.3 is 4.74 Å². The number of aryl methyl sites for hydroxylation is 1. The molecule has 0 fully saturated rings. The number of hydrogen-bond acceptors (Lipinski definition) is 4. The standard InChI is InChI=1S/C21H22ClNO4S/c1-3-27-21(24)17-9-12-20(16-5-4-6-18(22)13-16)23(14-17)28(25,26)19-10-7-15(2)8-11-19/h4-11,13,20H,3,12,14H2,1-2H3/t20-/m0/s1. The first-order valence-electron chi connectivity index (χ1n) is 9.03. The van der Waals surface area contributed by atoms with Gasteiger partial charge in [-0.2, -0.15) is 4.31 Å². The third-order valence-electron chi connectivity index (χ3n) is 4.66. The molecule has 5 nitrogen and oxygen atoms in total. The SMILES string of the molecule is CCOC(=O)C1=CC[C@@H](c2cccc(Cl)c2)N(S(=O)(=O)c2ccc(C)cc2)C1. The summed E-state index contributed by atoms with van der Waals surface area (Å²) in [7, 11) is -3.83. The summed E-state index contributed by atoms with van der Waals surface area (Å²) in [5, 5.41) is 0.533. The highest BCUT2D eigenvalue weighted by atomic mass is 35.5. The second kappa shape index (κ2) is 8.47. The summed E-state index contributed by atoms with van der Waals surface area (Å²) in [6.45, 7) is 3.80. The summed E-state index contributed by atoms with van der Waals surface area (Å²) in [4.78, 5) is 12.4. The summed E-state index contributed by atoms with van der Waals surface area (Å²) in [5.41, 5.74) is 2.09. The Labute approximate surface area is 170 Å². The van der Waals surface area contributed by atoms with Crippen molar-refractivity contribution in [3.63, 3.8) is 0 Å². The fourth-order valence-electron chi connectivity index (χ4n) is 3.20. The largest absolute Gasteiger partial charge is 0.463 e. The van der Waals surface area contributed by atoms with Crippen molar-refractivity contribution in [1.29, 1.82) is 0 Å². The van der Waals surface area contributed by atoms with E-state index in [1.165, 1.54) is 4.31 Å². The zero-order valence-electron chi connectivity index (χ0n) is 15.8. The Balaban J connectivity index is 2.04. The summed E-state index contributed by atoms with van der Waals surface area (Å²) < 4.78 is 33.2. The molecule has 148 valence electrons. The predicted octanol–water partition coefficient (Wildman–Crippen LogP) is 4.27. The summed E-state index contributed by atoms with van der Waals surface area (Å²) >= 11 is 6.12. The van der Waals surface area contributed by atoms with Gasteiger partial charge in [-0.05, 0) is 50.1 Å². The molecule has 0 spiro atoms. The molecule has 7 heteroatoms. The van der Waals surface area contributed by atoms with Crippen LogP contribution in [0.3, 0.4) is 0 Å². The van der Waals surface area contributed by atoms with Crippen molar-refractivity contribution in [3.8, 4) is 0 Å². The van der Waals surface area contributed by atoms with Crippen LogP contribution in [0.15, 0.2) is 65.1 Å². The van der Waals surface area contributed by atoms with E-state index in [1.807, 2.05) is 13.0 Å². The quantitative estimate of drug-likeness (QED) is 0.679. The summed E-state index contributed by atoms with van der Waals surface area (Å²) in [6.07, 6.45) is 2.12. The number of ether oxygens (including phenoxy) is 1. The second-order valence-electron chi connectivity index (χ2n) is 6.62. The molecule has 0 bridgehead atoms. The Morgan fingerprint density at radius 2 is 1.93 bits per heavy atom. The second-order valence-corrected chi connectivity index (χ2v) is 8.95. The number of hydrogen-bond donors (Lipinski definition) is 0. The van der Waals surface area contributed by atoms with Gasteiger partial charge in [0.25, 0.3) is 0 Å². The van der Waals surface area contributed by atoms with Gasteiger partial charge in [0.1, 0.15) is 0 Å². The third-order valence-corrected chi connectivity index (χ3v) is 6.76. The van der Waals surface area contributed by atoms with Crippen LogP contribution in [0.25, 0.3) is 0 Å². The topological polar surface area (TPSA) is 63.7 Å². The molecule has 0 unspecified atom stereocenters. The normalized spacial score (nSPS) is 17.8. The fraction of sp³-hybridized carbons (Fsp3) is 0.286. The molecule has 1 atom stereocenters. The summed E-state index contributed by atoms with van der Waals surface area (Å²) in [6, 6.07) is 13.4. The Morgan fingerprint density at radius 3 is 2.57 bits per heavy atom. The van der Waals surface area contributed by atoms with E-state index in [2.05, 4.69) is 0 Å². The molecule has 0 aromatic heterocycles. The van der Waals surface area contributed by atoms with Crippen LogP contribution < -0.4 is 0 Å². The van der Waals surface area contributed by atoms with E-state index in [-0.39, 0.29) is 18.0 Å². The minimum atomic E-state index is -3.83. The highest BCUT2D eigenvalue weighted by Crippen LogP contribution is 2.36. The van der Waals surface area contributed by atoms with Crippen LogP contribution >= 0.6 is 11.6 Å². The van der Waals surface area contributed by atoms with E-state index >= 15 is 0 Å². The first-order chi connectivity index (χ1) is 13.3. The van der Waals surface area contributed by atoms with Gasteiger partial charge >= 0.3 is 5.97 Å². The zero-order chi connectivity index (χ0) is 20.3. The molecule has 0 saturated carbocycles. The van der Waals surface area contributed by atoms with Crippen molar-refractivity contribution < 1.29 is 17.9 Å². The smallest absolute Gasteiger partial charge is 0.335 e. The molecule has 28 heavy (non-hydrogen) atoms. The lowest BCUT2D eigenvalue weighted by Crippen LogP contribution is -2.40. The fourth-order valence-corrected chi connectivity index (χ4v) is 5.00. The van der Waals surface area contributed by atoms with Crippen LogP contribution in [-0.2, 0) is 19.6 Å². The molecular formula is C21H22ClNO4S. The molecule has 2 aromatic carbocycles. The lowest BCUT2D eigenvalue weighted by molar-refractivity contribution is -0.138. The molecule has 3 rings (SSSR count). The maximum absolute atomic E-state index is 13.4. The number of sulfonamides is 1. The van der Waals surface area contributed by atoms with Gasteiger partial charge in [0, 0.05) is 17.1 Å². The Morgan fingerprint density at radius 1 is 1.21 bits per heavy atom. The van der Waals surface area contributed by atoms with Crippen molar-refractivity contribution in [2.75, 3.05) is 13.2 Å². The maximum atomic E-state index is 13.4. The number of rotatable bonds is 5. The van der Waals surface area contributed by atoms with Gasteiger partial charge in [-0.25, -0.2) is 13.2 Å². The molecule has 1 heterocycles. The van der Waals surface area contributed by atoms with Gasteiger partial charge in [0.15, 0.2) is 0 Å². The monoisotopic (exact) mass is 419 g/mol. The third kappa shape index (κ3) is 4.29. The average Bonchev–Trinajstić information content (AvgIpc) is 2.68. The number of esters is 1. The summed E-state index contributed by atoms with van der Waals surface area (Å²) in [5.74, 6) is -0.490. The predicted molar refractivity (Wildman–Crippen MR) is 109 cm³/mol. The van der Waals surface area contributed by atoms with Gasteiger partial charge in [0.05, 0.1) is 17.5 Å². The zero-order valence-corrected chi connectivity index (χ0v) is 17.3. The first-order valence-corrected chi connectivity index (χ1v) is 10.8. The molecule has 0 N–H and O–H groups in total. The minimum absolute atomic E-state index is 0.0494. The van der Waals surface area contributed by atoms with Crippen LogP contribution in [0, 0.1) is 6.92 Å². The Hall–Kier alpha value is -2.15. The minimum Gasteiger partial charge on any atom is -0.463 e. The van der Waals surface area contributed by atoms with Crippen molar-refractivity contribution >= 4 is 27.6 Å². The molecule has 1 aliphatic heterocycles. The highest BCUT2D eigenvalue weighted by molar-refractivity contribution is 7.89. The van der Waals surface area contributed by atoms with Crippen LogP contribution in [0.1, 0.15) is 30.5 Å². The molecule has 0 aliphatic carbocycles. The van der Waals surface area contributed by atoms with Crippen molar-refractivity contribution in [2.45, 2.75) is 31.2 Å². The van der Waals surface area contributed by atoms with Crippen molar-refractivity contribution in [2.24, 2.45) is 0 Å². The van der Waals surface area contributed by atoms with Crippen LogP contribution in [0.4, 0.5) is 0 Å². The van der Waals surface area contributed by atoms with E-state index in [4.69, 9.17) is 16.3 Å². The van der Waals surface area contributed by atoms with Gasteiger partial charge in [-0.15, -0.1) is 0 Å². The molecule has 2 aromatic rings. The van der Waals surface area contributed by atoms with Gasteiger partial charge in [0.2, 0.25) is 10.0 Å². The Bertz CT molecular complexity index is 999. The van der Waals surface area contributed by atoms with E-state index in [0.29, 0.717) is 17.0 Å². The number of benzene rings is 2.